The van der Waals surface area contributed by atoms with Crippen LogP contribution in [0.15, 0.2) is 46.0 Å². The molecule has 1 unspecified atom stereocenters. The predicted octanol–water partition coefficient (Wildman–Crippen LogP) is 2.69. The van der Waals surface area contributed by atoms with Gasteiger partial charge in [-0.05, 0) is 30.7 Å². The zero-order valence-electron chi connectivity index (χ0n) is 11.5. The summed E-state index contributed by atoms with van der Waals surface area (Å²) in [6.07, 6.45) is 1.50. The highest BCUT2D eigenvalue weighted by Gasteiger charge is 2.18. The van der Waals surface area contributed by atoms with Crippen molar-refractivity contribution in [3.63, 3.8) is 0 Å². The monoisotopic (exact) mass is 271 g/mol. The van der Waals surface area contributed by atoms with Crippen LogP contribution in [0.4, 0.5) is 11.6 Å². The summed E-state index contributed by atoms with van der Waals surface area (Å²) >= 11 is 0. The molecule has 1 atom stereocenters. The summed E-state index contributed by atoms with van der Waals surface area (Å²) in [5, 5.41) is 0. The fourth-order valence-corrected chi connectivity index (χ4v) is 2.17. The molecule has 1 aromatic carbocycles. The predicted molar refractivity (Wildman–Crippen MR) is 78.6 cm³/mol. The maximum absolute atomic E-state index is 5.82. The minimum Gasteiger partial charge on any atom is -0.481 e. The molecule has 0 fully saturated rings. The van der Waals surface area contributed by atoms with Gasteiger partial charge in [-0.25, -0.2) is 4.99 Å². The lowest BCUT2D eigenvalue weighted by atomic mass is 10.1. The Bertz CT molecular complexity index is 635. The van der Waals surface area contributed by atoms with Crippen LogP contribution < -0.4 is 15.4 Å². The van der Waals surface area contributed by atoms with Crippen LogP contribution in [-0.2, 0) is 6.54 Å². The Kier molecular flexibility index (Phi) is 3.10. The van der Waals surface area contributed by atoms with Crippen molar-refractivity contribution >= 4 is 17.4 Å². The lowest BCUT2D eigenvalue weighted by Crippen LogP contribution is -2.33. The van der Waals surface area contributed by atoms with Crippen LogP contribution in [0.3, 0.4) is 0 Å². The van der Waals surface area contributed by atoms with Crippen LogP contribution in [0.1, 0.15) is 12.5 Å². The number of aliphatic imine (C=N–C) groups is 1. The molecule has 20 heavy (non-hydrogen) atoms. The van der Waals surface area contributed by atoms with Crippen molar-refractivity contribution in [2.75, 3.05) is 11.9 Å². The Hall–Kier alpha value is -2.43. The van der Waals surface area contributed by atoms with Gasteiger partial charge < -0.3 is 19.8 Å². The molecule has 0 radical (unpaired) electrons. The Balaban J connectivity index is 1.82. The van der Waals surface area contributed by atoms with Gasteiger partial charge in [-0.2, -0.15) is 0 Å². The van der Waals surface area contributed by atoms with Crippen LogP contribution in [0, 0.1) is 0 Å². The van der Waals surface area contributed by atoms with Crippen LogP contribution in [0.5, 0.6) is 5.75 Å². The molecule has 1 aliphatic rings. The van der Waals surface area contributed by atoms with Gasteiger partial charge in [-0.1, -0.05) is 6.07 Å². The molecule has 104 valence electrons. The summed E-state index contributed by atoms with van der Waals surface area (Å²) in [5.41, 5.74) is 7.73. The van der Waals surface area contributed by atoms with Gasteiger partial charge in [0.1, 0.15) is 17.3 Å². The Labute approximate surface area is 117 Å². The Morgan fingerprint density at radius 2 is 2.20 bits per heavy atom. The fourth-order valence-electron chi connectivity index (χ4n) is 2.17. The maximum atomic E-state index is 5.82. The molecule has 5 nitrogen and oxygen atoms in total. The topological polar surface area (TPSA) is 64.0 Å². The van der Waals surface area contributed by atoms with E-state index in [0.29, 0.717) is 5.84 Å². The summed E-state index contributed by atoms with van der Waals surface area (Å²) in [6, 6.07) is 9.76. The molecular weight excluding hydrogens is 254 g/mol. The van der Waals surface area contributed by atoms with Crippen molar-refractivity contribution in [1.29, 1.82) is 0 Å². The largest absolute Gasteiger partial charge is 0.481 e. The number of rotatable bonds is 3. The number of nitrogens with zero attached hydrogens (tertiary/aromatic N) is 2. The number of amidine groups is 1. The highest BCUT2D eigenvalue weighted by atomic mass is 16.5. The average Bonchev–Trinajstić information content (AvgIpc) is 2.94. The standard InChI is InChI=1S/C15H17N3O2/c1-10-15(16)17-12-8-11(5-6-13(12)20-10)9-18(2)14-4-3-7-19-14/h3-8,10H,9H2,1-2H3,(H2,16,17). The molecule has 0 aliphatic carbocycles. The van der Waals surface area contributed by atoms with E-state index in [-0.39, 0.29) is 6.10 Å². The zero-order valence-corrected chi connectivity index (χ0v) is 11.5. The van der Waals surface area contributed by atoms with Crippen LogP contribution in [0.2, 0.25) is 0 Å². The molecular formula is C15H17N3O2. The minimum atomic E-state index is -0.167. The van der Waals surface area contributed by atoms with Gasteiger partial charge in [0.25, 0.3) is 0 Å². The molecule has 2 N–H and O–H groups in total. The van der Waals surface area contributed by atoms with E-state index in [0.717, 1.165) is 29.4 Å². The third kappa shape index (κ3) is 2.34. The Morgan fingerprint density at radius 3 is 2.95 bits per heavy atom. The first kappa shape index (κ1) is 12.6. The van der Waals surface area contributed by atoms with Gasteiger partial charge in [-0.3, -0.25) is 0 Å². The van der Waals surface area contributed by atoms with E-state index in [2.05, 4.69) is 4.99 Å². The maximum Gasteiger partial charge on any atom is 0.195 e. The number of ether oxygens (including phenoxy) is 1. The SMILES string of the molecule is CC1Oc2ccc(CN(C)c3ccco3)cc2N=C1N. The van der Waals surface area contributed by atoms with Crippen molar-refractivity contribution in [3.05, 3.63) is 42.2 Å². The van der Waals surface area contributed by atoms with Gasteiger partial charge in [0.15, 0.2) is 12.0 Å². The van der Waals surface area contributed by atoms with E-state index in [9.17, 15) is 0 Å². The summed E-state index contributed by atoms with van der Waals surface area (Å²) in [4.78, 5) is 6.41. The molecule has 2 heterocycles. The second-order valence-electron chi connectivity index (χ2n) is 4.91. The van der Waals surface area contributed by atoms with Gasteiger partial charge in [0, 0.05) is 19.7 Å². The van der Waals surface area contributed by atoms with E-state index >= 15 is 0 Å². The molecule has 1 aromatic heterocycles. The first-order chi connectivity index (χ1) is 9.63. The highest BCUT2D eigenvalue weighted by Crippen LogP contribution is 2.33. The van der Waals surface area contributed by atoms with Crippen molar-refractivity contribution in [1.82, 2.24) is 0 Å². The normalized spacial score (nSPS) is 17.1. The second-order valence-corrected chi connectivity index (χ2v) is 4.91. The number of anilines is 1. The van der Waals surface area contributed by atoms with Gasteiger partial charge in [0.05, 0.1) is 6.26 Å². The lowest BCUT2D eigenvalue weighted by Gasteiger charge is -2.22. The summed E-state index contributed by atoms with van der Waals surface area (Å²) in [7, 11) is 1.98. The van der Waals surface area contributed by atoms with E-state index < -0.39 is 0 Å². The zero-order chi connectivity index (χ0) is 14.1. The van der Waals surface area contributed by atoms with Gasteiger partial charge in [-0.15, -0.1) is 0 Å². The molecule has 0 saturated carbocycles. The van der Waals surface area contributed by atoms with E-state index in [1.165, 1.54) is 0 Å². The summed E-state index contributed by atoms with van der Waals surface area (Å²) in [6.45, 7) is 2.62. The number of fused-ring (bicyclic) bond motifs is 1. The van der Waals surface area contributed by atoms with Crippen molar-refractivity contribution in [2.24, 2.45) is 10.7 Å². The number of nitrogens with two attached hydrogens (primary N) is 1. The number of benzene rings is 1. The number of hydrogen-bond donors (Lipinski definition) is 1. The van der Waals surface area contributed by atoms with Crippen molar-refractivity contribution in [3.8, 4) is 5.75 Å². The second kappa shape index (κ2) is 4.92. The van der Waals surface area contributed by atoms with Crippen molar-refractivity contribution < 1.29 is 9.15 Å². The van der Waals surface area contributed by atoms with Gasteiger partial charge in [0.2, 0.25) is 0 Å². The van der Waals surface area contributed by atoms with Crippen LogP contribution in [-0.4, -0.2) is 19.0 Å². The Morgan fingerprint density at radius 1 is 1.35 bits per heavy atom. The molecule has 3 rings (SSSR count). The van der Waals surface area contributed by atoms with E-state index in [1.807, 2.05) is 49.2 Å². The highest BCUT2D eigenvalue weighted by molar-refractivity contribution is 5.89. The van der Waals surface area contributed by atoms with Crippen molar-refractivity contribution in [2.45, 2.75) is 19.6 Å². The van der Waals surface area contributed by atoms with Crippen LogP contribution in [0.25, 0.3) is 0 Å². The smallest absolute Gasteiger partial charge is 0.195 e. The molecule has 1 aliphatic heterocycles. The number of furan rings is 1. The molecule has 0 spiro atoms. The molecule has 0 saturated heterocycles. The first-order valence-electron chi connectivity index (χ1n) is 6.52. The molecule has 0 amide bonds. The summed E-state index contributed by atoms with van der Waals surface area (Å²) < 4.78 is 11.1. The lowest BCUT2D eigenvalue weighted by molar-refractivity contribution is 0.281. The fraction of sp³-hybridized carbons (Fsp3) is 0.267. The number of hydrogen-bond acceptors (Lipinski definition) is 5. The molecule has 5 heteroatoms. The van der Waals surface area contributed by atoms with Crippen LogP contribution >= 0.6 is 0 Å². The summed E-state index contributed by atoms with van der Waals surface area (Å²) in [5.74, 6) is 2.11. The van der Waals surface area contributed by atoms with E-state index in [1.54, 1.807) is 6.26 Å². The first-order valence-corrected chi connectivity index (χ1v) is 6.52. The average molecular weight is 271 g/mol. The third-order valence-corrected chi connectivity index (χ3v) is 3.30. The quantitative estimate of drug-likeness (QED) is 0.932. The van der Waals surface area contributed by atoms with Gasteiger partial charge >= 0.3 is 0 Å². The molecule has 2 aromatic rings. The van der Waals surface area contributed by atoms with E-state index in [4.69, 9.17) is 14.9 Å². The third-order valence-electron chi connectivity index (χ3n) is 3.30. The molecule has 0 bridgehead atoms. The minimum absolute atomic E-state index is 0.167.